The quantitative estimate of drug-likeness (QED) is 0.630. The molecule has 3 heterocycles. The van der Waals surface area contributed by atoms with Gasteiger partial charge >= 0.3 is 0 Å². The number of halogens is 2. The van der Waals surface area contributed by atoms with Gasteiger partial charge in [-0.25, -0.2) is 4.98 Å². The molecule has 3 nitrogen and oxygen atoms in total. The van der Waals surface area contributed by atoms with Crippen molar-refractivity contribution in [3.63, 3.8) is 0 Å². The number of H-pyrrole nitrogens is 1. The molecule has 3 aromatic rings. The predicted molar refractivity (Wildman–Crippen MR) is 104 cm³/mol. The van der Waals surface area contributed by atoms with Gasteiger partial charge in [-0.3, -0.25) is 0 Å². The van der Waals surface area contributed by atoms with Crippen LogP contribution in [0.15, 0.2) is 30.5 Å². The molecule has 0 saturated carbocycles. The molecule has 0 fully saturated rings. The minimum absolute atomic E-state index is 0. The number of nitrogens with one attached hydrogen (secondary N) is 1. The van der Waals surface area contributed by atoms with Crippen molar-refractivity contribution in [1.82, 2.24) is 9.97 Å². The molecule has 0 spiro atoms. The normalized spacial score (nSPS) is 16.8. The van der Waals surface area contributed by atoms with E-state index in [9.17, 15) is 0 Å². The van der Waals surface area contributed by atoms with Crippen molar-refractivity contribution >= 4 is 40.7 Å². The summed E-state index contributed by atoms with van der Waals surface area (Å²) in [5, 5.41) is 2.06. The summed E-state index contributed by atoms with van der Waals surface area (Å²) in [5.74, 6) is 1.04. The molecule has 1 N–H and O–H groups in total. The molecule has 0 bridgehead atoms. The second kappa shape index (κ2) is 6.30. The van der Waals surface area contributed by atoms with Gasteiger partial charge in [0, 0.05) is 28.8 Å². The number of benzene rings is 1. The van der Waals surface area contributed by atoms with E-state index in [-0.39, 0.29) is 18.4 Å². The van der Waals surface area contributed by atoms with Gasteiger partial charge in [0.25, 0.3) is 0 Å². The Kier molecular flexibility index (Phi) is 4.50. The van der Waals surface area contributed by atoms with Crippen LogP contribution >= 0.6 is 24.0 Å². The predicted octanol–water partition coefficient (Wildman–Crippen LogP) is 5.38. The Hall–Kier alpha value is -1.71. The molecule has 4 rings (SSSR count). The van der Waals surface area contributed by atoms with E-state index in [1.165, 1.54) is 27.8 Å². The molecule has 0 saturated heterocycles. The van der Waals surface area contributed by atoms with Gasteiger partial charge in [-0.1, -0.05) is 17.7 Å². The van der Waals surface area contributed by atoms with E-state index in [1.807, 2.05) is 12.3 Å². The number of hydrogen-bond acceptors (Lipinski definition) is 2. The summed E-state index contributed by atoms with van der Waals surface area (Å²) in [6, 6.07) is 8.59. The van der Waals surface area contributed by atoms with Gasteiger partial charge in [-0.15, -0.1) is 12.4 Å². The Morgan fingerprint density at radius 3 is 2.83 bits per heavy atom. The van der Waals surface area contributed by atoms with Gasteiger partial charge in [0.15, 0.2) is 5.82 Å². The van der Waals surface area contributed by atoms with Crippen LogP contribution in [0.2, 0.25) is 5.02 Å². The van der Waals surface area contributed by atoms with Gasteiger partial charge in [-0.05, 0) is 62.1 Å². The monoisotopic (exact) mass is 361 g/mol. The highest BCUT2D eigenvalue weighted by molar-refractivity contribution is 6.30. The zero-order valence-electron chi connectivity index (χ0n) is 14.1. The van der Waals surface area contributed by atoms with Crippen molar-refractivity contribution in [1.29, 1.82) is 0 Å². The average molecular weight is 362 g/mol. The third kappa shape index (κ3) is 2.56. The number of aryl methyl sites for hydroxylation is 2. The lowest BCUT2D eigenvalue weighted by atomic mass is 9.93. The number of rotatable bonds is 1. The first-order valence-electron chi connectivity index (χ1n) is 8.05. The van der Waals surface area contributed by atoms with Crippen molar-refractivity contribution < 1.29 is 0 Å². The largest absolute Gasteiger partial charge is 0.355 e. The van der Waals surface area contributed by atoms with Crippen molar-refractivity contribution in [2.45, 2.75) is 33.2 Å². The first-order valence-corrected chi connectivity index (χ1v) is 8.43. The highest BCUT2D eigenvalue weighted by Crippen LogP contribution is 2.37. The molecule has 1 aliphatic rings. The molecular formula is C19H21Cl2N3. The van der Waals surface area contributed by atoms with Crippen molar-refractivity contribution in [3.05, 3.63) is 57.9 Å². The fourth-order valence-corrected chi connectivity index (χ4v) is 3.84. The molecule has 0 amide bonds. The van der Waals surface area contributed by atoms with Crippen molar-refractivity contribution in [2.75, 3.05) is 11.4 Å². The third-order valence-electron chi connectivity index (χ3n) is 5.13. The molecule has 24 heavy (non-hydrogen) atoms. The summed E-state index contributed by atoms with van der Waals surface area (Å²) in [4.78, 5) is 10.6. The SMILES string of the molecule is Cc1[nH]c2c(N3CCc4ccc(Cl)cc4C3C)nccc2c1C.Cl. The summed E-state index contributed by atoms with van der Waals surface area (Å²) in [6.07, 6.45) is 2.94. The molecule has 0 radical (unpaired) electrons. The molecule has 126 valence electrons. The minimum Gasteiger partial charge on any atom is -0.355 e. The smallest absolute Gasteiger partial charge is 0.153 e. The van der Waals surface area contributed by atoms with Crippen LogP contribution in [0, 0.1) is 13.8 Å². The fraction of sp³-hybridized carbons (Fsp3) is 0.316. The van der Waals surface area contributed by atoms with Gasteiger partial charge in [-0.2, -0.15) is 0 Å². The van der Waals surface area contributed by atoms with E-state index >= 15 is 0 Å². The molecule has 0 aliphatic carbocycles. The van der Waals surface area contributed by atoms with Crippen LogP contribution in [0.4, 0.5) is 5.82 Å². The molecule has 1 unspecified atom stereocenters. The van der Waals surface area contributed by atoms with E-state index in [4.69, 9.17) is 16.6 Å². The van der Waals surface area contributed by atoms with Crippen molar-refractivity contribution in [3.8, 4) is 0 Å². The van der Waals surface area contributed by atoms with E-state index in [2.05, 4.69) is 48.9 Å². The second-order valence-electron chi connectivity index (χ2n) is 6.39. The summed E-state index contributed by atoms with van der Waals surface area (Å²) in [6.45, 7) is 7.48. The van der Waals surface area contributed by atoms with Gasteiger partial charge in [0.2, 0.25) is 0 Å². The lowest BCUT2D eigenvalue weighted by molar-refractivity contribution is 0.619. The van der Waals surface area contributed by atoms with Gasteiger partial charge < -0.3 is 9.88 Å². The Morgan fingerprint density at radius 2 is 2.04 bits per heavy atom. The first kappa shape index (κ1) is 17.1. The molecule has 5 heteroatoms. The van der Waals surface area contributed by atoms with E-state index in [0.29, 0.717) is 0 Å². The second-order valence-corrected chi connectivity index (χ2v) is 6.83. The molecular weight excluding hydrogens is 341 g/mol. The van der Waals surface area contributed by atoms with Gasteiger partial charge in [0.05, 0.1) is 11.6 Å². The first-order chi connectivity index (χ1) is 11.1. The molecule has 2 aromatic heterocycles. The fourth-order valence-electron chi connectivity index (χ4n) is 3.66. The lowest BCUT2D eigenvalue weighted by Gasteiger charge is -2.36. The number of anilines is 1. The maximum Gasteiger partial charge on any atom is 0.153 e. The maximum atomic E-state index is 6.21. The van der Waals surface area contributed by atoms with E-state index in [0.717, 1.165) is 29.3 Å². The Morgan fingerprint density at radius 1 is 1.25 bits per heavy atom. The van der Waals surface area contributed by atoms with Crippen LogP contribution in [0.3, 0.4) is 0 Å². The van der Waals surface area contributed by atoms with Crippen LogP contribution in [0.5, 0.6) is 0 Å². The third-order valence-corrected chi connectivity index (χ3v) is 5.36. The number of aromatic amines is 1. The highest BCUT2D eigenvalue weighted by Gasteiger charge is 2.27. The summed E-state index contributed by atoms with van der Waals surface area (Å²) in [7, 11) is 0. The average Bonchev–Trinajstić information content (AvgIpc) is 2.84. The van der Waals surface area contributed by atoms with Crippen LogP contribution in [0.25, 0.3) is 10.9 Å². The summed E-state index contributed by atoms with van der Waals surface area (Å²) in [5.41, 5.74) is 6.35. The zero-order chi connectivity index (χ0) is 16.1. The Bertz CT molecular complexity index is 901. The van der Waals surface area contributed by atoms with E-state index in [1.54, 1.807) is 0 Å². The van der Waals surface area contributed by atoms with Crippen LogP contribution in [-0.4, -0.2) is 16.5 Å². The highest BCUT2D eigenvalue weighted by atomic mass is 35.5. The standard InChI is InChI=1S/C19H20ClN3.ClH/c1-11-12(2)22-18-16(11)6-8-21-19(18)23-9-7-14-4-5-15(20)10-17(14)13(23)3;/h4-6,8,10,13,22H,7,9H2,1-3H3;1H. The lowest BCUT2D eigenvalue weighted by Crippen LogP contribution is -2.34. The Balaban J connectivity index is 0.00000169. The number of hydrogen-bond donors (Lipinski definition) is 1. The number of nitrogens with zero attached hydrogens (tertiary/aromatic N) is 2. The summed E-state index contributed by atoms with van der Waals surface area (Å²) >= 11 is 6.21. The van der Waals surface area contributed by atoms with Gasteiger partial charge in [0.1, 0.15) is 0 Å². The molecule has 1 aliphatic heterocycles. The van der Waals surface area contributed by atoms with Crippen LogP contribution in [0.1, 0.15) is 35.3 Å². The van der Waals surface area contributed by atoms with E-state index < -0.39 is 0 Å². The maximum absolute atomic E-state index is 6.21. The summed E-state index contributed by atoms with van der Waals surface area (Å²) < 4.78 is 0. The van der Waals surface area contributed by atoms with Crippen LogP contribution in [-0.2, 0) is 6.42 Å². The topological polar surface area (TPSA) is 31.9 Å². The minimum atomic E-state index is 0. The Labute approximate surface area is 153 Å². The molecule has 1 atom stereocenters. The number of fused-ring (bicyclic) bond motifs is 2. The molecule has 1 aromatic carbocycles. The van der Waals surface area contributed by atoms with Crippen molar-refractivity contribution in [2.24, 2.45) is 0 Å². The number of aromatic nitrogens is 2. The van der Waals surface area contributed by atoms with Crippen LogP contribution < -0.4 is 4.90 Å². The zero-order valence-corrected chi connectivity index (χ0v) is 15.6. The number of pyridine rings is 1.